The van der Waals surface area contributed by atoms with Gasteiger partial charge >= 0.3 is 0 Å². The summed E-state index contributed by atoms with van der Waals surface area (Å²) >= 11 is 0. The average molecular weight is 414 g/mol. The van der Waals surface area contributed by atoms with E-state index in [2.05, 4.69) is 17.5 Å². The molecule has 2 aromatic rings. The van der Waals surface area contributed by atoms with E-state index in [0.717, 1.165) is 6.42 Å². The van der Waals surface area contributed by atoms with Crippen LogP contribution in [0.15, 0.2) is 60.7 Å². The summed E-state index contributed by atoms with van der Waals surface area (Å²) in [6.45, 7) is 0. The molecule has 2 saturated carbocycles. The highest BCUT2D eigenvalue weighted by Gasteiger charge is 2.67. The summed E-state index contributed by atoms with van der Waals surface area (Å²) in [4.78, 5) is 41.3. The summed E-state index contributed by atoms with van der Waals surface area (Å²) < 4.78 is 5.21. The van der Waals surface area contributed by atoms with Crippen LogP contribution in [-0.4, -0.2) is 24.8 Å². The first-order valence-electron chi connectivity index (χ1n) is 10.7. The standard InChI is InChI=1S/C25H22N2O4/c1-31-14-6-4-5-13(11-14)26-23(28)17-7-2-3-8-20(17)27-24(29)21-15-9-10-16(19-12-18(15)19)22(21)25(27)30/h2-11,15-16,18-19,21-22H,12H2,1H3,(H,26,28)/t15-,16+,18-,19-,21+,22-/m1/s1. The lowest BCUT2D eigenvalue weighted by Gasteiger charge is -2.37. The van der Waals surface area contributed by atoms with Crippen LogP contribution >= 0.6 is 0 Å². The van der Waals surface area contributed by atoms with Crippen molar-refractivity contribution in [2.24, 2.45) is 35.5 Å². The first-order chi connectivity index (χ1) is 15.1. The van der Waals surface area contributed by atoms with E-state index >= 15 is 0 Å². The van der Waals surface area contributed by atoms with Crippen LogP contribution in [-0.2, 0) is 9.59 Å². The van der Waals surface area contributed by atoms with E-state index in [9.17, 15) is 14.4 Å². The largest absolute Gasteiger partial charge is 0.497 e. The third kappa shape index (κ3) is 2.60. The molecule has 5 aliphatic rings. The molecule has 6 heteroatoms. The number of nitrogens with zero attached hydrogens (tertiary/aromatic N) is 1. The summed E-state index contributed by atoms with van der Waals surface area (Å²) in [5, 5.41) is 2.85. The van der Waals surface area contributed by atoms with Gasteiger partial charge in [-0.1, -0.05) is 30.4 Å². The van der Waals surface area contributed by atoms with Crippen molar-refractivity contribution in [2.75, 3.05) is 17.3 Å². The molecular formula is C25H22N2O4. The number of benzene rings is 2. The van der Waals surface area contributed by atoms with Gasteiger partial charge in [0.25, 0.3) is 5.91 Å². The number of para-hydroxylation sites is 1. The Labute approximate surface area is 179 Å². The maximum atomic E-state index is 13.4. The Morgan fingerprint density at radius 3 is 2.32 bits per heavy atom. The average Bonchev–Trinajstić information content (AvgIpc) is 3.57. The molecule has 3 amide bonds. The smallest absolute Gasteiger partial charge is 0.257 e. The van der Waals surface area contributed by atoms with Crippen LogP contribution in [0.1, 0.15) is 16.8 Å². The van der Waals surface area contributed by atoms with Gasteiger partial charge in [-0.15, -0.1) is 0 Å². The second-order valence-electron chi connectivity index (χ2n) is 8.87. The number of imide groups is 1. The summed E-state index contributed by atoms with van der Waals surface area (Å²) in [5.41, 5.74) is 1.24. The number of ether oxygens (including phenoxy) is 1. The molecule has 31 heavy (non-hydrogen) atoms. The van der Waals surface area contributed by atoms with Crippen LogP contribution in [0.25, 0.3) is 0 Å². The lowest BCUT2D eigenvalue weighted by Crippen LogP contribution is -2.40. The molecule has 3 fully saturated rings. The predicted molar refractivity (Wildman–Crippen MR) is 115 cm³/mol. The molecule has 0 spiro atoms. The second kappa shape index (κ2) is 6.54. The SMILES string of the molecule is COc1cccc(NC(=O)c2ccccc2N2C(=O)[C@@H]3[C@H]4C=C[C@H]([C@H]5C[C@H]45)[C@@H]3C2=O)c1. The maximum absolute atomic E-state index is 13.4. The molecule has 156 valence electrons. The Kier molecular flexibility index (Phi) is 3.88. The minimum atomic E-state index is -0.372. The molecule has 2 bridgehead atoms. The third-order valence-electron chi connectivity index (χ3n) is 7.38. The van der Waals surface area contributed by atoms with E-state index in [1.807, 2.05) is 0 Å². The molecule has 1 N–H and O–H groups in total. The van der Waals surface area contributed by atoms with Crippen LogP contribution < -0.4 is 15.0 Å². The molecule has 0 radical (unpaired) electrons. The lowest BCUT2D eigenvalue weighted by molar-refractivity contribution is -0.124. The Morgan fingerprint density at radius 2 is 1.65 bits per heavy atom. The highest BCUT2D eigenvalue weighted by Crippen LogP contribution is 2.65. The Morgan fingerprint density at radius 1 is 0.968 bits per heavy atom. The van der Waals surface area contributed by atoms with Crippen molar-refractivity contribution in [3.63, 3.8) is 0 Å². The summed E-state index contributed by atoms with van der Waals surface area (Å²) in [5.74, 6) is 0.728. The van der Waals surface area contributed by atoms with Gasteiger partial charge in [-0.2, -0.15) is 0 Å². The zero-order valence-electron chi connectivity index (χ0n) is 17.0. The Hall–Kier alpha value is -3.41. The molecule has 0 aromatic heterocycles. The van der Waals surface area contributed by atoms with Crippen LogP contribution in [0.5, 0.6) is 5.75 Å². The number of allylic oxidation sites excluding steroid dienone is 2. The summed E-state index contributed by atoms with van der Waals surface area (Å²) in [6, 6.07) is 13.9. The molecule has 6 nitrogen and oxygen atoms in total. The summed E-state index contributed by atoms with van der Waals surface area (Å²) in [6.07, 6.45) is 5.42. The fourth-order valence-electron chi connectivity index (χ4n) is 5.95. The van der Waals surface area contributed by atoms with E-state index < -0.39 is 0 Å². The van der Waals surface area contributed by atoms with Gasteiger partial charge in [0.1, 0.15) is 5.75 Å². The number of rotatable bonds is 4. The minimum absolute atomic E-state index is 0.152. The number of amides is 3. The van der Waals surface area contributed by atoms with Crippen LogP contribution in [0.3, 0.4) is 0 Å². The van der Waals surface area contributed by atoms with Gasteiger partial charge in [-0.3, -0.25) is 14.4 Å². The molecule has 6 atom stereocenters. The first-order valence-corrected chi connectivity index (χ1v) is 10.7. The van der Waals surface area contributed by atoms with E-state index in [-0.39, 0.29) is 41.4 Å². The molecule has 1 heterocycles. The van der Waals surface area contributed by atoms with Crippen molar-refractivity contribution >= 4 is 29.1 Å². The van der Waals surface area contributed by atoms with Crippen molar-refractivity contribution in [1.82, 2.24) is 0 Å². The minimum Gasteiger partial charge on any atom is -0.497 e. The van der Waals surface area contributed by atoms with Gasteiger partial charge < -0.3 is 10.1 Å². The van der Waals surface area contributed by atoms with Crippen LogP contribution in [0, 0.1) is 35.5 Å². The number of hydrogen-bond acceptors (Lipinski definition) is 4. The molecular weight excluding hydrogens is 392 g/mol. The fraction of sp³-hybridized carbons (Fsp3) is 0.320. The van der Waals surface area contributed by atoms with Crippen molar-refractivity contribution in [3.8, 4) is 5.75 Å². The van der Waals surface area contributed by atoms with Gasteiger partial charge in [0.05, 0.1) is 30.2 Å². The maximum Gasteiger partial charge on any atom is 0.257 e. The zero-order valence-corrected chi connectivity index (χ0v) is 17.0. The highest BCUT2D eigenvalue weighted by molar-refractivity contribution is 6.25. The van der Waals surface area contributed by atoms with Gasteiger partial charge in [0.15, 0.2) is 0 Å². The van der Waals surface area contributed by atoms with Gasteiger partial charge in [-0.05, 0) is 54.4 Å². The quantitative estimate of drug-likeness (QED) is 0.614. The second-order valence-corrected chi connectivity index (χ2v) is 8.87. The summed E-state index contributed by atoms with van der Waals surface area (Å²) in [7, 11) is 1.56. The van der Waals surface area contributed by atoms with Crippen molar-refractivity contribution in [3.05, 3.63) is 66.2 Å². The van der Waals surface area contributed by atoms with E-state index in [1.165, 1.54) is 4.90 Å². The number of carbonyl (C=O) groups is 3. The number of anilines is 2. The fourth-order valence-corrected chi connectivity index (χ4v) is 5.95. The zero-order chi connectivity index (χ0) is 21.3. The third-order valence-corrected chi connectivity index (χ3v) is 7.38. The monoisotopic (exact) mass is 414 g/mol. The molecule has 0 unspecified atom stereocenters. The number of carbonyl (C=O) groups excluding carboxylic acids is 3. The van der Waals surface area contributed by atoms with Crippen molar-refractivity contribution in [2.45, 2.75) is 6.42 Å². The number of nitrogens with one attached hydrogen (secondary N) is 1. The van der Waals surface area contributed by atoms with Gasteiger partial charge in [-0.25, -0.2) is 4.90 Å². The van der Waals surface area contributed by atoms with E-state index in [1.54, 1.807) is 55.6 Å². The van der Waals surface area contributed by atoms with E-state index in [0.29, 0.717) is 34.5 Å². The highest BCUT2D eigenvalue weighted by atomic mass is 16.5. The molecule has 4 aliphatic carbocycles. The van der Waals surface area contributed by atoms with Crippen molar-refractivity contribution < 1.29 is 19.1 Å². The van der Waals surface area contributed by atoms with Crippen molar-refractivity contribution in [1.29, 1.82) is 0 Å². The first kappa shape index (κ1) is 18.4. The number of hydrogen-bond donors (Lipinski definition) is 1. The molecule has 7 rings (SSSR count). The Bertz CT molecular complexity index is 1120. The molecule has 1 aliphatic heterocycles. The van der Waals surface area contributed by atoms with Gasteiger partial charge in [0.2, 0.25) is 11.8 Å². The normalized spacial score (nSPS) is 32.0. The van der Waals surface area contributed by atoms with Crippen LogP contribution in [0.2, 0.25) is 0 Å². The lowest BCUT2D eigenvalue weighted by atomic mass is 9.63. The van der Waals surface area contributed by atoms with E-state index in [4.69, 9.17) is 4.74 Å². The van der Waals surface area contributed by atoms with Gasteiger partial charge in [0, 0.05) is 11.8 Å². The molecule has 2 aromatic carbocycles. The van der Waals surface area contributed by atoms with Crippen LogP contribution in [0.4, 0.5) is 11.4 Å². The molecule has 1 saturated heterocycles. The number of methoxy groups -OCH3 is 1. The topological polar surface area (TPSA) is 75.7 Å². The predicted octanol–water partition coefficient (Wildman–Crippen LogP) is 3.51. The Balaban J connectivity index is 1.33.